The van der Waals surface area contributed by atoms with E-state index in [4.69, 9.17) is 10.5 Å². The van der Waals surface area contributed by atoms with Crippen molar-refractivity contribution in [2.24, 2.45) is 10.7 Å². The predicted octanol–water partition coefficient (Wildman–Crippen LogP) is 2.59. The molecule has 1 unspecified atom stereocenters. The van der Waals surface area contributed by atoms with Gasteiger partial charge in [-0.3, -0.25) is 0 Å². The highest BCUT2D eigenvalue weighted by Gasteiger charge is 2.12. The quantitative estimate of drug-likeness (QED) is 0.656. The van der Waals surface area contributed by atoms with Crippen LogP contribution >= 0.6 is 0 Å². The smallest absolute Gasteiger partial charge is 0.193 e. The first kappa shape index (κ1) is 13.0. The molecule has 0 bridgehead atoms. The third-order valence-corrected chi connectivity index (χ3v) is 3.86. The monoisotopic (exact) mass is 271 g/mol. The fourth-order valence-electron chi connectivity index (χ4n) is 2.76. The Bertz CT molecular complexity index is 537. The number of anilines is 1. The fourth-order valence-corrected chi connectivity index (χ4v) is 2.76. The van der Waals surface area contributed by atoms with Gasteiger partial charge in [0.2, 0.25) is 0 Å². The van der Waals surface area contributed by atoms with Crippen molar-refractivity contribution in [3.05, 3.63) is 41.7 Å². The number of benzene rings is 1. The highest BCUT2D eigenvalue weighted by atomic mass is 16.5. The lowest BCUT2D eigenvalue weighted by Gasteiger charge is -2.17. The van der Waals surface area contributed by atoms with E-state index in [1.807, 2.05) is 6.08 Å². The Morgan fingerprint density at radius 3 is 3.10 bits per heavy atom. The number of fused-ring (bicyclic) bond motifs is 1. The van der Waals surface area contributed by atoms with Gasteiger partial charge in [0, 0.05) is 5.69 Å². The molecule has 0 spiro atoms. The second-order valence-corrected chi connectivity index (χ2v) is 5.40. The molecule has 3 rings (SSSR count). The van der Waals surface area contributed by atoms with E-state index in [9.17, 15) is 0 Å². The number of nitrogens with zero attached hydrogens (tertiary/aromatic N) is 1. The zero-order valence-corrected chi connectivity index (χ0v) is 11.6. The summed E-state index contributed by atoms with van der Waals surface area (Å²) in [4.78, 5) is 4.36. The Morgan fingerprint density at radius 1 is 1.35 bits per heavy atom. The summed E-state index contributed by atoms with van der Waals surface area (Å²) in [6.45, 7) is 0.605. The Balaban J connectivity index is 1.57. The van der Waals surface area contributed by atoms with Crippen LogP contribution in [0.5, 0.6) is 0 Å². The van der Waals surface area contributed by atoms with Gasteiger partial charge in [-0.25, -0.2) is 4.99 Å². The molecule has 0 saturated heterocycles. The van der Waals surface area contributed by atoms with Gasteiger partial charge in [-0.1, -0.05) is 6.07 Å². The van der Waals surface area contributed by atoms with E-state index in [1.165, 1.54) is 30.4 Å². The van der Waals surface area contributed by atoms with Crippen LogP contribution in [0.2, 0.25) is 0 Å². The third kappa shape index (κ3) is 3.13. The second kappa shape index (κ2) is 5.99. The van der Waals surface area contributed by atoms with Crippen molar-refractivity contribution in [2.75, 3.05) is 11.9 Å². The van der Waals surface area contributed by atoms with Gasteiger partial charge in [0.25, 0.3) is 0 Å². The maximum Gasteiger partial charge on any atom is 0.193 e. The number of nitrogens with two attached hydrogens (primary N) is 1. The van der Waals surface area contributed by atoms with Crippen LogP contribution in [0.3, 0.4) is 0 Å². The minimum absolute atomic E-state index is 0.153. The van der Waals surface area contributed by atoms with Crippen molar-refractivity contribution < 1.29 is 4.74 Å². The topological polar surface area (TPSA) is 59.6 Å². The van der Waals surface area contributed by atoms with E-state index in [-0.39, 0.29) is 6.10 Å². The van der Waals surface area contributed by atoms with Crippen molar-refractivity contribution in [1.29, 1.82) is 0 Å². The summed E-state index contributed by atoms with van der Waals surface area (Å²) in [6, 6.07) is 6.45. The molecule has 4 heteroatoms. The normalized spacial score (nSPS) is 21.4. The summed E-state index contributed by atoms with van der Waals surface area (Å²) in [5, 5.41) is 3.17. The van der Waals surface area contributed by atoms with Gasteiger partial charge in [-0.2, -0.15) is 0 Å². The molecule has 20 heavy (non-hydrogen) atoms. The van der Waals surface area contributed by atoms with Crippen LogP contribution < -0.4 is 11.1 Å². The molecule has 0 aromatic heterocycles. The van der Waals surface area contributed by atoms with E-state index in [0.29, 0.717) is 12.5 Å². The zero-order chi connectivity index (χ0) is 13.8. The summed E-state index contributed by atoms with van der Waals surface area (Å²) in [6.07, 6.45) is 9.63. The SMILES string of the molecule is NC(=NCC1CCC=CO1)Nc1ccc2c(c1)CCC2. The average molecular weight is 271 g/mol. The summed E-state index contributed by atoms with van der Waals surface area (Å²) >= 11 is 0. The molecule has 2 aliphatic rings. The van der Waals surface area contributed by atoms with Gasteiger partial charge in [0.1, 0.15) is 6.10 Å². The molecule has 3 N–H and O–H groups in total. The number of rotatable bonds is 3. The van der Waals surface area contributed by atoms with Gasteiger partial charge in [-0.15, -0.1) is 0 Å². The van der Waals surface area contributed by atoms with Crippen LogP contribution in [-0.2, 0) is 17.6 Å². The summed E-state index contributed by atoms with van der Waals surface area (Å²) in [7, 11) is 0. The summed E-state index contributed by atoms with van der Waals surface area (Å²) < 4.78 is 5.47. The molecule has 1 aromatic rings. The summed E-state index contributed by atoms with van der Waals surface area (Å²) in [5.74, 6) is 0.459. The standard InChI is InChI=1S/C16H21N3O/c17-16(18-11-15-6-1-2-9-20-15)19-14-8-7-12-4-3-5-13(12)10-14/h2,7-10,15H,1,3-6,11H2,(H3,17,18,19). The lowest BCUT2D eigenvalue weighted by atomic mass is 10.1. The van der Waals surface area contributed by atoms with Crippen LogP contribution in [0.25, 0.3) is 0 Å². The van der Waals surface area contributed by atoms with Crippen molar-refractivity contribution in [1.82, 2.24) is 0 Å². The van der Waals surface area contributed by atoms with E-state index in [1.54, 1.807) is 6.26 Å². The zero-order valence-electron chi connectivity index (χ0n) is 11.6. The number of hydrogen-bond donors (Lipinski definition) is 2. The van der Waals surface area contributed by atoms with Crippen LogP contribution in [0, 0.1) is 0 Å². The van der Waals surface area contributed by atoms with Gasteiger partial charge in [-0.05, 0) is 61.4 Å². The van der Waals surface area contributed by atoms with Crippen LogP contribution in [0.15, 0.2) is 35.5 Å². The molecule has 1 aliphatic carbocycles. The third-order valence-electron chi connectivity index (χ3n) is 3.86. The molecular weight excluding hydrogens is 250 g/mol. The molecule has 0 saturated carbocycles. The summed E-state index contributed by atoms with van der Waals surface area (Å²) in [5.41, 5.74) is 9.86. The van der Waals surface area contributed by atoms with Gasteiger partial charge in [0.15, 0.2) is 5.96 Å². The predicted molar refractivity (Wildman–Crippen MR) is 81.8 cm³/mol. The van der Waals surface area contributed by atoms with Crippen molar-refractivity contribution in [2.45, 2.75) is 38.2 Å². The number of nitrogens with one attached hydrogen (secondary N) is 1. The number of hydrogen-bond acceptors (Lipinski definition) is 2. The largest absolute Gasteiger partial charge is 0.496 e. The molecular formula is C16H21N3O. The van der Waals surface area contributed by atoms with Gasteiger partial charge < -0.3 is 15.8 Å². The van der Waals surface area contributed by atoms with E-state index in [0.717, 1.165) is 18.5 Å². The molecule has 4 nitrogen and oxygen atoms in total. The lowest BCUT2D eigenvalue weighted by molar-refractivity contribution is 0.131. The highest BCUT2D eigenvalue weighted by Crippen LogP contribution is 2.24. The lowest BCUT2D eigenvalue weighted by Crippen LogP contribution is -2.25. The minimum atomic E-state index is 0.153. The number of guanidine groups is 1. The van der Waals surface area contributed by atoms with E-state index < -0.39 is 0 Å². The fraction of sp³-hybridized carbons (Fsp3) is 0.438. The van der Waals surface area contributed by atoms with Crippen molar-refractivity contribution in [3.8, 4) is 0 Å². The first-order valence-corrected chi connectivity index (χ1v) is 7.30. The molecule has 0 amide bonds. The molecule has 1 heterocycles. The van der Waals surface area contributed by atoms with Gasteiger partial charge in [0.05, 0.1) is 12.8 Å². The molecule has 1 atom stereocenters. The number of aliphatic imine (C=N–C) groups is 1. The molecule has 106 valence electrons. The number of aryl methyl sites for hydroxylation is 2. The Morgan fingerprint density at radius 2 is 2.25 bits per heavy atom. The average Bonchev–Trinajstić information content (AvgIpc) is 2.94. The first-order chi connectivity index (χ1) is 9.81. The van der Waals surface area contributed by atoms with Gasteiger partial charge >= 0.3 is 0 Å². The maximum atomic E-state index is 5.93. The van der Waals surface area contributed by atoms with Crippen LogP contribution in [0.1, 0.15) is 30.4 Å². The Labute approximate surface area is 119 Å². The number of allylic oxidation sites excluding steroid dienone is 1. The molecule has 0 fully saturated rings. The molecule has 1 aromatic carbocycles. The van der Waals surface area contributed by atoms with Crippen molar-refractivity contribution >= 4 is 11.6 Å². The van der Waals surface area contributed by atoms with E-state index >= 15 is 0 Å². The van der Waals surface area contributed by atoms with E-state index in [2.05, 4.69) is 28.5 Å². The Kier molecular flexibility index (Phi) is 3.90. The maximum absolute atomic E-state index is 5.93. The van der Waals surface area contributed by atoms with Crippen LogP contribution in [0.4, 0.5) is 5.69 Å². The highest BCUT2D eigenvalue weighted by molar-refractivity contribution is 5.92. The molecule has 0 radical (unpaired) electrons. The second-order valence-electron chi connectivity index (χ2n) is 5.40. The van der Waals surface area contributed by atoms with Crippen LogP contribution in [-0.4, -0.2) is 18.6 Å². The number of ether oxygens (including phenoxy) is 1. The Hall–Kier alpha value is -1.97. The molecule has 1 aliphatic heterocycles. The first-order valence-electron chi connectivity index (χ1n) is 7.30. The van der Waals surface area contributed by atoms with Crippen molar-refractivity contribution in [3.63, 3.8) is 0 Å². The minimum Gasteiger partial charge on any atom is -0.496 e.